The minimum absolute atomic E-state index is 0.0367. The minimum atomic E-state index is -2.03. The number of carbonyl (C=O) groups excluding carboxylic acids is 4. The number of ether oxygens (including phenoxy) is 16. The zero-order chi connectivity index (χ0) is 73.9. The number of esters is 2. The summed E-state index contributed by atoms with van der Waals surface area (Å²) in [5, 5.41) is 74.5. The van der Waals surface area contributed by atoms with Gasteiger partial charge in [-0.25, -0.2) is 14.4 Å². The van der Waals surface area contributed by atoms with Crippen molar-refractivity contribution >= 4 is 51.0 Å². The minimum Gasteiger partial charge on any atom is -0.493 e. The summed E-state index contributed by atoms with van der Waals surface area (Å²) in [6, 6.07) is 12.9. The summed E-state index contributed by atoms with van der Waals surface area (Å²) in [4.78, 5) is 69.4. The lowest BCUT2D eigenvalue weighted by Gasteiger charge is -2.39. The topological polar surface area (TPSA) is 375 Å². The van der Waals surface area contributed by atoms with Gasteiger partial charge in [-0.1, -0.05) is 65.5 Å². The van der Waals surface area contributed by atoms with E-state index in [0.29, 0.717) is 54.1 Å². The number of fused-ring (bicyclic) bond motifs is 2. The number of carboxylic acid groups (broad SMARTS) is 1. The normalized spacial score (nSPS) is 20.3. The molecule has 0 aliphatic carbocycles. The molecule has 6 aromatic rings. The van der Waals surface area contributed by atoms with E-state index >= 15 is 0 Å². The SMILES string of the molecule is CCC(CC)CC(=O)c1c(C(=O)OC)c(-c2ccc(OC)c(OC)c2)c2c(OC)c(OC)c(OC)cc2c1O[C@@H]1O[C@H](C(=O)O)[C@@H](O)[C@H](O)[C@H]1O.CCC(CC)CC(=O)c1c(C(=O)OC)c(-c2ccc(OC)c(OC)c2)c2c(OC)c(OC)c(OC)cc2c1O[C@@H]1O[C@H](C)[C@@H](O)[C@H](O)[C@H]1O. The van der Waals surface area contributed by atoms with Crippen molar-refractivity contribution < 1.29 is 136 Å². The van der Waals surface area contributed by atoms with E-state index < -0.39 is 90.9 Å². The summed E-state index contributed by atoms with van der Waals surface area (Å²) < 4.78 is 91.2. The number of aliphatic carboxylic acids is 1. The molecular formula is C72H90O28. The molecule has 2 saturated heterocycles. The standard InChI is InChI=1S/C36H44O15.C36H46O13/c1-9-16(10-2)13-19(37)25-26(35(43)49-8)23(17-11-12-20(44-3)21(14-17)45-4)24-18(15-22(46-5)31(47-6)32(24)48-7)30(25)50-36-29(40)27(38)28(39)33(51-36)34(41)42;1-10-18(11-2)14-21(37)27-28(35(41)47-9)25(19-12-13-22(42-4)23(15-19)43-5)26-20(16-24(44-6)33(45-7)34(26)46-8)32(27)49-36-31(40)30(39)29(38)17(3)48-36/h11-12,14-16,27-29,33,36,38-40H,9-10,13H2,1-8H3,(H,41,42);12-13,15-18,29-31,36,38-40H,10-11,14H2,1-9H3/t27-,28-,29+,33-,36+;17-,29-,30+,31-,36+/m01/s1. The fourth-order valence-electron chi connectivity index (χ4n) is 12.5. The third kappa shape index (κ3) is 15.1. The number of aliphatic hydroxyl groups is 6. The van der Waals surface area contributed by atoms with Crippen LogP contribution in [-0.2, 0) is 23.7 Å². The molecule has 0 unspecified atom stereocenters. The molecule has 2 aliphatic heterocycles. The van der Waals surface area contributed by atoms with Crippen molar-refractivity contribution in [2.75, 3.05) is 85.3 Å². The number of Topliss-reactive ketones (excluding diaryl/α,β-unsaturated/α-hetero) is 2. The highest BCUT2D eigenvalue weighted by Crippen LogP contribution is 2.56. The number of methoxy groups -OCH3 is 12. The molecule has 2 aliphatic rings. The van der Waals surface area contributed by atoms with E-state index in [4.69, 9.17) is 75.8 Å². The van der Waals surface area contributed by atoms with E-state index in [9.17, 15) is 59.7 Å². The third-order valence-corrected chi connectivity index (χ3v) is 18.1. The Morgan fingerprint density at radius 3 is 1.07 bits per heavy atom. The maximum atomic E-state index is 14.6. The first-order valence-electron chi connectivity index (χ1n) is 32.1. The zero-order valence-electron chi connectivity index (χ0n) is 59.0. The van der Waals surface area contributed by atoms with Crippen molar-refractivity contribution in [1.82, 2.24) is 0 Å². The number of aliphatic hydroxyl groups excluding tert-OH is 6. The Hall–Kier alpha value is -9.13. The second-order valence-electron chi connectivity index (χ2n) is 23.4. The second kappa shape index (κ2) is 34.3. The monoisotopic (exact) mass is 1400 g/mol. The van der Waals surface area contributed by atoms with Gasteiger partial charge >= 0.3 is 17.9 Å². The van der Waals surface area contributed by atoms with Crippen LogP contribution in [0.3, 0.4) is 0 Å². The van der Waals surface area contributed by atoms with Crippen LogP contribution in [-0.4, -0.2) is 212 Å². The zero-order valence-corrected chi connectivity index (χ0v) is 59.0. The fraction of sp³-hybridized carbons (Fsp3) is 0.486. The summed E-state index contributed by atoms with van der Waals surface area (Å²) in [6.07, 6.45) is -14.8. The number of carboxylic acids is 1. The first-order valence-corrected chi connectivity index (χ1v) is 32.1. The number of carbonyl (C=O) groups is 5. The van der Waals surface area contributed by atoms with Crippen LogP contribution in [0.2, 0.25) is 0 Å². The molecular weight excluding hydrogens is 1310 g/mol. The van der Waals surface area contributed by atoms with Crippen LogP contribution in [0, 0.1) is 11.8 Å². The smallest absolute Gasteiger partial charge is 0.339 e. The van der Waals surface area contributed by atoms with Crippen molar-refractivity contribution in [3.8, 4) is 91.2 Å². The largest absolute Gasteiger partial charge is 0.493 e. The Morgan fingerprint density at radius 1 is 0.400 bits per heavy atom. The highest BCUT2D eigenvalue weighted by Gasteiger charge is 2.50. The molecule has 10 atom stereocenters. The van der Waals surface area contributed by atoms with Gasteiger partial charge in [0.25, 0.3) is 0 Å². The average molecular weight is 1400 g/mol. The molecule has 0 aromatic heterocycles. The van der Waals surface area contributed by atoms with E-state index in [1.807, 2.05) is 27.7 Å². The van der Waals surface area contributed by atoms with E-state index in [2.05, 4.69) is 0 Å². The summed E-state index contributed by atoms with van der Waals surface area (Å²) >= 11 is 0. The molecule has 8 rings (SSSR count). The molecule has 2 heterocycles. The Balaban J connectivity index is 0.000000281. The molecule has 100 heavy (non-hydrogen) atoms. The third-order valence-electron chi connectivity index (χ3n) is 18.1. The maximum absolute atomic E-state index is 14.6. The molecule has 28 heteroatoms. The molecule has 546 valence electrons. The number of hydrogen-bond acceptors (Lipinski definition) is 27. The molecule has 0 radical (unpaired) electrons. The summed E-state index contributed by atoms with van der Waals surface area (Å²) in [5.41, 5.74) is 0.294. The van der Waals surface area contributed by atoms with Gasteiger partial charge in [0.15, 0.2) is 63.7 Å². The first kappa shape index (κ1) is 78.2. The van der Waals surface area contributed by atoms with Crippen molar-refractivity contribution in [2.45, 2.75) is 135 Å². The Labute approximate surface area is 578 Å². The predicted octanol–water partition coefficient (Wildman–Crippen LogP) is 8.17. The summed E-state index contributed by atoms with van der Waals surface area (Å²) in [5.74, 6) is -2.96. The van der Waals surface area contributed by atoms with Crippen LogP contribution < -0.4 is 56.8 Å². The lowest BCUT2D eigenvalue weighted by molar-refractivity contribution is -0.270. The lowest BCUT2D eigenvalue weighted by atomic mass is 9.84. The van der Waals surface area contributed by atoms with Crippen LogP contribution in [0.5, 0.6) is 69.0 Å². The van der Waals surface area contributed by atoms with E-state index in [0.717, 1.165) is 7.11 Å². The van der Waals surface area contributed by atoms with Gasteiger partial charge in [0.1, 0.15) is 48.1 Å². The maximum Gasteiger partial charge on any atom is 0.339 e. The van der Waals surface area contributed by atoms with Gasteiger partial charge in [0.2, 0.25) is 24.1 Å². The number of rotatable bonds is 29. The van der Waals surface area contributed by atoms with E-state index in [-0.39, 0.29) is 131 Å². The first-order chi connectivity index (χ1) is 47.8. The summed E-state index contributed by atoms with van der Waals surface area (Å²) in [7, 11) is 16.5. The number of hydrogen-bond donors (Lipinski definition) is 7. The number of ketones is 2. The Kier molecular flexibility index (Phi) is 26.8. The molecule has 0 spiro atoms. The van der Waals surface area contributed by atoms with E-state index in [1.165, 1.54) is 91.2 Å². The molecule has 2 fully saturated rings. The van der Waals surface area contributed by atoms with Gasteiger partial charge in [-0.3, -0.25) is 9.59 Å². The van der Waals surface area contributed by atoms with Crippen LogP contribution in [0.25, 0.3) is 43.8 Å². The van der Waals surface area contributed by atoms with Gasteiger partial charge in [0.05, 0.1) is 114 Å². The molecule has 6 aromatic carbocycles. The van der Waals surface area contributed by atoms with Crippen LogP contribution >= 0.6 is 0 Å². The van der Waals surface area contributed by atoms with Crippen molar-refractivity contribution in [1.29, 1.82) is 0 Å². The fourth-order valence-corrected chi connectivity index (χ4v) is 12.5. The highest BCUT2D eigenvalue weighted by molar-refractivity contribution is 6.23. The highest BCUT2D eigenvalue weighted by atomic mass is 16.7. The van der Waals surface area contributed by atoms with Crippen LogP contribution in [0.4, 0.5) is 0 Å². The van der Waals surface area contributed by atoms with Gasteiger partial charge < -0.3 is 112 Å². The lowest BCUT2D eigenvalue weighted by Crippen LogP contribution is -2.61. The van der Waals surface area contributed by atoms with E-state index in [1.54, 1.807) is 42.5 Å². The quantitative estimate of drug-likeness (QED) is 0.0172. The molecule has 0 amide bonds. The molecule has 7 N–H and O–H groups in total. The molecule has 0 bridgehead atoms. The van der Waals surface area contributed by atoms with Crippen LogP contribution in [0.15, 0.2) is 48.5 Å². The Morgan fingerprint density at radius 2 is 0.750 bits per heavy atom. The van der Waals surface area contributed by atoms with Crippen molar-refractivity contribution in [3.63, 3.8) is 0 Å². The van der Waals surface area contributed by atoms with Gasteiger partial charge in [0, 0.05) is 45.5 Å². The van der Waals surface area contributed by atoms with Gasteiger partial charge in [-0.2, -0.15) is 0 Å². The Bertz CT molecular complexity index is 3930. The average Bonchev–Trinajstić information content (AvgIpc) is 0.724. The van der Waals surface area contributed by atoms with Crippen molar-refractivity contribution in [2.24, 2.45) is 11.8 Å². The van der Waals surface area contributed by atoms with Gasteiger partial charge in [-0.15, -0.1) is 0 Å². The molecule has 28 nitrogen and oxygen atoms in total. The predicted molar refractivity (Wildman–Crippen MR) is 361 cm³/mol. The molecule has 0 saturated carbocycles. The summed E-state index contributed by atoms with van der Waals surface area (Å²) in [6.45, 7) is 9.28. The number of benzene rings is 6. The van der Waals surface area contributed by atoms with Crippen molar-refractivity contribution in [3.05, 3.63) is 70.8 Å². The second-order valence-corrected chi connectivity index (χ2v) is 23.4. The van der Waals surface area contributed by atoms with Gasteiger partial charge in [-0.05, 0) is 66.3 Å². The van der Waals surface area contributed by atoms with Crippen LogP contribution in [0.1, 0.15) is 115 Å².